The van der Waals surface area contributed by atoms with Gasteiger partial charge in [-0.25, -0.2) is 0 Å². The smallest absolute Gasteiger partial charge is 0.303 e. The van der Waals surface area contributed by atoms with E-state index in [9.17, 15) is 9.59 Å². The van der Waals surface area contributed by atoms with E-state index in [1.54, 1.807) is 6.92 Å². The molecule has 0 aliphatic carbocycles. The second-order valence-electron chi connectivity index (χ2n) is 5.12. The fourth-order valence-corrected chi connectivity index (χ4v) is 1.96. The van der Waals surface area contributed by atoms with Crippen molar-refractivity contribution < 1.29 is 19.2 Å². The number of hydrogen-bond acceptors (Lipinski definition) is 5. The van der Waals surface area contributed by atoms with Crippen molar-refractivity contribution in [2.45, 2.75) is 40.0 Å². The molecule has 0 radical (unpaired) electrons. The van der Waals surface area contributed by atoms with Gasteiger partial charge in [0, 0.05) is 19.9 Å². The van der Waals surface area contributed by atoms with E-state index in [2.05, 4.69) is 29.3 Å². The van der Waals surface area contributed by atoms with Crippen molar-refractivity contribution >= 4 is 11.9 Å². The van der Waals surface area contributed by atoms with Crippen LogP contribution in [0.5, 0.6) is 0 Å². The number of aliphatic carboxylic acids is 1. The van der Waals surface area contributed by atoms with Crippen LogP contribution in [0.25, 0.3) is 0 Å². The van der Waals surface area contributed by atoms with E-state index in [-0.39, 0.29) is 24.1 Å². The topological polar surface area (TPSA) is 105 Å². The molecule has 112 valence electrons. The van der Waals surface area contributed by atoms with Gasteiger partial charge in [0.25, 0.3) is 11.7 Å². The molecule has 0 spiro atoms. The average Bonchev–Trinajstić information content (AvgIpc) is 2.79. The maximum atomic E-state index is 11.7. The van der Waals surface area contributed by atoms with E-state index in [0.717, 1.165) is 6.42 Å². The van der Waals surface area contributed by atoms with Crippen LogP contribution in [0.1, 0.15) is 49.6 Å². The Morgan fingerprint density at radius 1 is 1.35 bits per heavy atom. The molecule has 0 fully saturated rings. The van der Waals surface area contributed by atoms with Crippen molar-refractivity contribution in [1.82, 2.24) is 15.5 Å². The highest BCUT2D eigenvalue weighted by Crippen LogP contribution is 2.20. The Balaban J connectivity index is 2.36. The zero-order valence-electron chi connectivity index (χ0n) is 12.0. The third kappa shape index (κ3) is 5.38. The molecule has 1 amide bonds. The zero-order valence-corrected chi connectivity index (χ0v) is 12.0. The largest absolute Gasteiger partial charge is 0.481 e. The Labute approximate surface area is 117 Å². The van der Waals surface area contributed by atoms with Gasteiger partial charge in [0.05, 0.1) is 0 Å². The van der Waals surface area contributed by atoms with Crippen LogP contribution in [0.4, 0.5) is 0 Å². The summed E-state index contributed by atoms with van der Waals surface area (Å²) in [7, 11) is 0. The van der Waals surface area contributed by atoms with Crippen molar-refractivity contribution in [3.05, 3.63) is 11.7 Å². The Hall–Kier alpha value is -1.92. The molecule has 7 nitrogen and oxygen atoms in total. The van der Waals surface area contributed by atoms with Gasteiger partial charge in [-0.2, -0.15) is 4.98 Å². The maximum absolute atomic E-state index is 11.7. The molecule has 1 atom stereocenters. The van der Waals surface area contributed by atoms with Gasteiger partial charge in [-0.15, -0.1) is 0 Å². The number of carboxylic acids is 1. The SMILES string of the molecule is Cc1nc(C(=O)NCCC(CCC(=O)O)C(C)C)no1. The number of aromatic nitrogens is 2. The summed E-state index contributed by atoms with van der Waals surface area (Å²) in [5.41, 5.74) is 0. The average molecular weight is 283 g/mol. The van der Waals surface area contributed by atoms with Crippen LogP contribution in [0.2, 0.25) is 0 Å². The van der Waals surface area contributed by atoms with E-state index in [0.29, 0.717) is 24.8 Å². The normalized spacial score (nSPS) is 12.4. The van der Waals surface area contributed by atoms with E-state index < -0.39 is 5.97 Å². The molecule has 1 aromatic heterocycles. The van der Waals surface area contributed by atoms with E-state index in [1.165, 1.54) is 0 Å². The van der Waals surface area contributed by atoms with Gasteiger partial charge in [0.15, 0.2) is 0 Å². The summed E-state index contributed by atoms with van der Waals surface area (Å²) in [5.74, 6) is -0.160. The highest BCUT2D eigenvalue weighted by atomic mass is 16.5. The minimum absolute atomic E-state index is 0.0223. The first-order valence-electron chi connectivity index (χ1n) is 6.70. The van der Waals surface area contributed by atoms with Crippen LogP contribution in [0.3, 0.4) is 0 Å². The number of carbonyl (C=O) groups excluding carboxylic acids is 1. The summed E-state index contributed by atoms with van der Waals surface area (Å²) < 4.78 is 4.73. The second kappa shape index (κ2) is 7.62. The molecule has 0 aliphatic rings. The van der Waals surface area contributed by atoms with Crippen LogP contribution in [-0.2, 0) is 4.79 Å². The van der Waals surface area contributed by atoms with Crippen LogP contribution >= 0.6 is 0 Å². The third-order valence-corrected chi connectivity index (χ3v) is 3.20. The monoisotopic (exact) mass is 283 g/mol. The van der Waals surface area contributed by atoms with Gasteiger partial charge in [-0.1, -0.05) is 19.0 Å². The molecule has 1 unspecified atom stereocenters. The number of aryl methyl sites for hydroxylation is 1. The number of nitrogens with one attached hydrogen (secondary N) is 1. The Kier molecular flexibility index (Phi) is 6.14. The van der Waals surface area contributed by atoms with Crippen LogP contribution < -0.4 is 5.32 Å². The standard InChI is InChI=1S/C13H21N3O4/c1-8(2)10(4-5-11(17)18)6-7-14-13(19)12-15-9(3)20-16-12/h8,10H,4-7H2,1-3H3,(H,14,19)(H,17,18). The lowest BCUT2D eigenvalue weighted by atomic mass is 9.88. The van der Waals surface area contributed by atoms with Gasteiger partial charge in [0.2, 0.25) is 5.89 Å². The van der Waals surface area contributed by atoms with E-state index in [1.807, 2.05) is 0 Å². The number of nitrogens with zero attached hydrogens (tertiary/aromatic N) is 2. The predicted octanol–water partition coefficient (Wildman–Crippen LogP) is 1.63. The predicted molar refractivity (Wildman–Crippen MR) is 71.2 cm³/mol. The molecule has 0 saturated heterocycles. The van der Waals surface area contributed by atoms with Crippen molar-refractivity contribution in [3.8, 4) is 0 Å². The fraction of sp³-hybridized carbons (Fsp3) is 0.692. The number of hydrogen-bond donors (Lipinski definition) is 2. The van der Waals surface area contributed by atoms with Crippen LogP contribution in [0.15, 0.2) is 4.52 Å². The first kappa shape index (κ1) is 16.1. The van der Waals surface area contributed by atoms with Gasteiger partial charge in [-0.3, -0.25) is 9.59 Å². The molecule has 7 heteroatoms. The maximum Gasteiger partial charge on any atom is 0.303 e. The molecule has 0 saturated carbocycles. The van der Waals surface area contributed by atoms with Gasteiger partial charge >= 0.3 is 5.97 Å². The van der Waals surface area contributed by atoms with Crippen molar-refractivity contribution in [3.63, 3.8) is 0 Å². The quantitative estimate of drug-likeness (QED) is 0.751. The summed E-state index contributed by atoms with van der Waals surface area (Å²) in [6.45, 7) is 6.19. The second-order valence-corrected chi connectivity index (χ2v) is 5.12. The van der Waals surface area contributed by atoms with Crippen molar-refractivity contribution in [2.75, 3.05) is 6.54 Å². The Morgan fingerprint density at radius 2 is 2.05 bits per heavy atom. The summed E-state index contributed by atoms with van der Waals surface area (Å²) in [6, 6.07) is 0. The highest BCUT2D eigenvalue weighted by molar-refractivity contribution is 5.90. The first-order valence-corrected chi connectivity index (χ1v) is 6.70. The summed E-state index contributed by atoms with van der Waals surface area (Å²) >= 11 is 0. The van der Waals surface area contributed by atoms with Gasteiger partial charge in [-0.05, 0) is 24.7 Å². The molecule has 1 aromatic rings. The lowest BCUT2D eigenvalue weighted by Crippen LogP contribution is -2.28. The molecule has 2 N–H and O–H groups in total. The highest BCUT2D eigenvalue weighted by Gasteiger charge is 2.17. The minimum Gasteiger partial charge on any atom is -0.481 e. The molecular formula is C13H21N3O4. The molecular weight excluding hydrogens is 262 g/mol. The summed E-state index contributed by atoms with van der Waals surface area (Å²) in [5, 5.41) is 15.0. The third-order valence-electron chi connectivity index (χ3n) is 3.20. The fourth-order valence-electron chi connectivity index (χ4n) is 1.96. The Morgan fingerprint density at radius 3 is 2.55 bits per heavy atom. The molecule has 1 rings (SSSR count). The number of carbonyl (C=O) groups is 2. The van der Waals surface area contributed by atoms with Crippen molar-refractivity contribution in [2.24, 2.45) is 11.8 Å². The number of rotatable bonds is 8. The van der Waals surface area contributed by atoms with Crippen LogP contribution in [0, 0.1) is 18.8 Å². The number of carboxylic acid groups (broad SMARTS) is 1. The lowest BCUT2D eigenvalue weighted by molar-refractivity contribution is -0.137. The summed E-state index contributed by atoms with van der Waals surface area (Å²) in [4.78, 5) is 26.1. The first-order chi connectivity index (χ1) is 9.40. The molecule has 20 heavy (non-hydrogen) atoms. The van der Waals surface area contributed by atoms with Crippen molar-refractivity contribution in [1.29, 1.82) is 0 Å². The number of amides is 1. The van der Waals surface area contributed by atoms with E-state index in [4.69, 9.17) is 9.63 Å². The molecule has 0 aromatic carbocycles. The van der Waals surface area contributed by atoms with E-state index >= 15 is 0 Å². The minimum atomic E-state index is -0.790. The molecule has 0 aliphatic heterocycles. The summed E-state index contributed by atoms with van der Waals surface area (Å²) in [6.07, 6.45) is 1.50. The molecule has 1 heterocycles. The van der Waals surface area contributed by atoms with Crippen LogP contribution in [-0.4, -0.2) is 33.7 Å². The molecule has 0 bridgehead atoms. The lowest BCUT2D eigenvalue weighted by Gasteiger charge is -2.19. The van der Waals surface area contributed by atoms with Gasteiger partial charge in [0.1, 0.15) is 0 Å². The van der Waals surface area contributed by atoms with Gasteiger partial charge < -0.3 is 14.9 Å². The zero-order chi connectivity index (χ0) is 15.1. The Bertz CT molecular complexity index is 456.